The van der Waals surface area contributed by atoms with Crippen LogP contribution in [0.1, 0.15) is 22.3 Å². The molecule has 3 rings (SSSR count). The van der Waals surface area contributed by atoms with Crippen molar-refractivity contribution >= 4 is 11.8 Å². The van der Waals surface area contributed by atoms with Crippen LogP contribution in [0.3, 0.4) is 0 Å². The van der Waals surface area contributed by atoms with Gasteiger partial charge in [-0.25, -0.2) is 13.5 Å². The molecule has 3 aromatic rings. The number of hydrogen-bond acceptors (Lipinski definition) is 4. The number of ether oxygens (including phenoxy) is 1. The largest absolute Gasteiger partial charge is 0.457 e. The molecule has 1 aromatic heterocycles. The average Bonchev–Trinajstić information content (AvgIpc) is 3.16. The number of ketones is 1. The topological polar surface area (TPSA) is 61.2 Å². The number of benzene rings is 2. The van der Waals surface area contributed by atoms with E-state index in [9.17, 15) is 18.4 Å². The van der Waals surface area contributed by atoms with Gasteiger partial charge in [-0.3, -0.25) is 9.59 Å². The van der Waals surface area contributed by atoms with Crippen LogP contribution in [0.2, 0.25) is 0 Å². The van der Waals surface area contributed by atoms with Gasteiger partial charge in [0.1, 0.15) is 11.6 Å². The van der Waals surface area contributed by atoms with Crippen LogP contribution in [0.4, 0.5) is 8.78 Å². The summed E-state index contributed by atoms with van der Waals surface area (Å²) in [7, 11) is 0. The minimum atomic E-state index is -0.856. The van der Waals surface area contributed by atoms with Crippen molar-refractivity contribution in [2.75, 3.05) is 6.61 Å². The normalized spacial score (nSPS) is 10.6. The lowest BCUT2D eigenvalue weighted by Gasteiger charge is -2.05. The molecule has 1 heterocycles. The maximum atomic E-state index is 13.5. The van der Waals surface area contributed by atoms with Gasteiger partial charge in [0.2, 0.25) is 5.78 Å². The fraction of sp³-hybridized carbons (Fsp3) is 0.150. The summed E-state index contributed by atoms with van der Waals surface area (Å²) in [6.07, 6.45) is 3.87. The lowest BCUT2D eigenvalue weighted by Crippen LogP contribution is -2.15. The van der Waals surface area contributed by atoms with Crippen LogP contribution in [-0.2, 0) is 16.0 Å². The molecular weight excluding hydrogens is 354 g/mol. The number of aryl methyl sites for hydroxylation is 1. The van der Waals surface area contributed by atoms with E-state index in [1.165, 1.54) is 0 Å². The molecule has 0 bridgehead atoms. The molecule has 0 aliphatic heterocycles. The molecule has 0 radical (unpaired) electrons. The number of hydrogen-bond donors (Lipinski definition) is 0. The number of aromatic nitrogens is 2. The number of rotatable bonds is 7. The van der Waals surface area contributed by atoms with Crippen molar-refractivity contribution in [1.82, 2.24) is 9.78 Å². The summed E-state index contributed by atoms with van der Waals surface area (Å²) >= 11 is 0. The fourth-order valence-corrected chi connectivity index (χ4v) is 2.46. The molecule has 0 amide bonds. The smallest absolute Gasteiger partial charge is 0.306 e. The minimum Gasteiger partial charge on any atom is -0.457 e. The molecule has 0 N–H and O–H groups in total. The zero-order chi connectivity index (χ0) is 19.2. The highest BCUT2D eigenvalue weighted by atomic mass is 19.1. The first-order valence-electron chi connectivity index (χ1n) is 8.26. The van der Waals surface area contributed by atoms with E-state index in [1.807, 2.05) is 30.3 Å². The molecule has 0 aliphatic carbocycles. The molecule has 0 saturated carbocycles. The summed E-state index contributed by atoms with van der Waals surface area (Å²) in [6, 6.07) is 12.1. The summed E-state index contributed by atoms with van der Waals surface area (Å²) in [5.74, 6) is -2.99. The number of Topliss-reactive ketones (excluding diaryl/α,β-unsaturated/α-hetero) is 1. The Morgan fingerprint density at radius 1 is 1.07 bits per heavy atom. The van der Waals surface area contributed by atoms with Crippen LogP contribution in [0.5, 0.6) is 0 Å². The molecule has 5 nitrogen and oxygen atoms in total. The van der Waals surface area contributed by atoms with Gasteiger partial charge >= 0.3 is 5.97 Å². The first kappa shape index (κ1) is 18.4. The molecule has 0 atom stereocenters. The van der Waals surface area contributed by atoms with E-state index in [4.69, 9.17) is 4.74 Å². The lowest BCUT2D eigenvalue weighted by molar-refractivity contribution is -0.142. The van der Waals surface area contributed by atoms with Crippen molar-refractivity contribution in [3.05, 3.63) is 83.7 Å². The molecule has 0 unspecified atom stereocenters. The molecule has 0 spiro atoms. The van der Waals surface area contributed by atoms with E-state index in [0.717, 1.165) is 29.4 Å². The highest BCUT2D eigenvalue weighted by molar-refractivity contribution is 5.98. The second-order valence-corrected chi connectivity index (χ2v) is 5.84. The lowest BCUT2D eigenvalue weighted by atomic mass is 10.1. The zero-order valence-corrected chi connectivity index (χ0v) is 14.3. The molecule has 0 fully saturated rings. The Balaban J connectivity index is 1.49. The summed E-state index contributed by atoms with van der Waals surface area (Å²) in [5, 5.41) is 4.23. The van der Waals surface area contributed by atoms with Gasteiger partial charge in [0.05, 0.1) is 17.4 Å². The van der Waals surface area contributed by atoms with Crippen molar-refractivity contribution in [2.45, 2.75) is 12.8 Å². The van der Waals surface area contributed by atoms with Gasteiger partial charge < -0.3 is 4.74 Å². The summed E-state index contributed by atoms with van der Waals surface area (Å²) in [6.45, 7) is -0.636. The van der Waals surface area contributed by atoms with E-state index in [-0.39, 0.29) is 6.42 Å². The monoisotopic (exact) mass is 370 g/mol. The van der Waals surface area contributed by atoms with Crippen molar-refractivity contribution < 1.29 is 23.1 Å². The highest BCUT2D eigenvalue weighted by Crippen LogP contribution is 2.12. The number of carbonyl (C=O) groups is 2. The Kier molecular flexibility index (Phi) is 5.71. The first-order chi connectivity index (χ1) is 13.0. The van der Waals surface area contributed by atoms with E-state index < -0.39 is 35.6 Å². The number of carbonyl (C=O) groups excluding carboxylic acids is 2. The molecular formula is C20H16F2N2O3. The molecule has 0 saturated heterocycles. The van der Waals surface area contributed by atoms with Crippen molar-refractivity contribution in [3.63, 3.8) is 0 Å². The molecule has 138 valence electrons. The molecule has 0 aliphatic rings. The zero-order valence-electron chi connectivity index (χ0n) is 14.3. The number of para-hydroxylation sites is 1. The van der Waals surface area contributed by atoms with Gasteiger partial charge in [-0.05, 0) is 42.3 Å². The third-order valence-corrected chi connectivity index (χ3v) is 3.87. The maximum absolute atomic E-state index is 13.5. The van der Waals surface area contributed by atoms with Crippen LogP contribution in [0.15, 0.2) is 60.9 Å². The fourth-order valence-electron chi connectivity index (χ4n) is 2.46. The Morgan fingerprint density at radius 2 is 1.85 bits per heavy atom. The molecule has 27 heavy (non-hydrogen) atoms. The standard InChI is InChI=1S/C20H16F2N2O3/c21-15-7-8-18(22)17(10-15)19(25)13-27-20(26)9-6-14-11-23-24(12-14)16-4-2-1-3-5-16/h1-5,7-8,10-12H,6,9,13H2. The SMILES string of the molecule is O=C(CCc1cnn(-c2ccccc2)c1)OCC(=O)c1cc(F)ccc1F. The van der Waals surface area contributed by atoms with E-state index >= 15 is 0 Å². The number of halogens is 2. The first-order valence-corrected chi connectivity index (χ1v) is 8.26. The Hall–Kier alpha value is -3.35. The van der Waals surface area contributed by atoms with Crippen LogP contribution in [0, 0.1) is 11.6 Å². The van der Waals surface area contributed by atoms with Gasteiger partial charge in [0.25, 0.3) is 0 Å². The Morgan fingerprint density at radius 3 is 2.63 bits per heavy atom. The van der Waals surface area contributed by atoms with Crippen molar-refractivity contribution in [3.8, 4) is 5.69 Å². The highest BCUT2D eigenvalue weighted by Gasteiger charge is 2.15. The van der Waals surface area contributed by atoms with Crippen LogP contribution in [0.25, 0.3) is 5.69 Å². The van der Waals surface area contributed by atoms with Crippen LogP contribution >= 0.6 is 0 Å². The van der Waals surface area contributed by atoms with Crippen molar-refractivity contribution in [2.24, 2.45) is 0 Å². The summed E-state index contributed by atoms with van der Waals surface area (Å²) < 4.78 is 33.2. The van der Waals surface area contributed by atoms with Gasteiger partial charge in [-0.15, -0.1) is 0 Å². The Bertz CT molecular complexity index is 955. The number of esters is 1. The van der Waals surface area contributed by atoms with Gasteiger partial charge in [0.15, 0.2) is 6.61 Å². The Labute approximate surface area is 154 Å². The van der Waals surface area contributed by atoms with Crippen LogP contribution in [-0.4, -0.2) is 28.1 Å². The predicted octanol–water partition coefficient (Wildman–Crippen LogP) is 3.51. The quantitative estimate of drug-likeness (QED) is 0.472. The third kappa shape index (κ3) is 4.84. The van der Waals surface area contributed by atoms with E-state index in [1.54, 1.807) is 17.1 Å². The minimum absolute atomic E-state index is 0.0411. The second kappa shape index (κ2) is 8.35. The van der Waals surface area contributed by atoms with Gasteiger partial charge in [-0.2, -0.15) is 5.10 Å². The van der Waals surface area contributed by atoms with Gasteiger partial charge in [0, 0.05) is 12.6 Å². The van der Waals surface area contributed by atoms with Gasteiger partial charge in [-0.1, -0.05) is 18.2 Å². The number of nitrogens with zero attached hydrogens (tertiary/aromatic N) is 2. The van der Waals surface area contributed by atoms with E-state index in [2.05, 4.69) is 5.10 Å². The predicted molar refractivity (Wildman–Crippen MR) is 93.5 cm³/mol. The third-order valence-electron chi connectivity index (χ3n) is 3.87. The van der Waals surface area contributed by atoms with Crippen molar-refractivity contribution in [1.29, 1.82) is 0 Å². The van der Waals surface area contributed by atoms with E-state index in [0.29, 0.717) is 6.42 Å². The maximum Gasteiger partial charge on any atom is 0.306 e. The summed E-state index contributed by atoms with van der Waals surface area (Å²) in [4.78, 5) is 23.7. The summed E-state index contributed by atoms with van der Waals surface area (Å²) in [5.41, 5.74) is 1.29. The second-order valence-electron chi connectivity index (χ2n) is 5.84. The average molecular weight is 370 g/mol. The molecule has 7 heteroatoms. The molecule has 2 aromatic carbocycles. The van der Waals surface area contributed by atoms with Crippen LogP contribution < -0.4 is 0 Å².